The van der Waals surface area contributed by atoms with Gasteiger partial charge in [0.2, 0.25) is 0 Å². The van der Waals surface area contributed by atoms with Crippen molar-refractivity contribution in [3.8, 4) is 11.1 Å². The van der Waals surface area contributed by atoms with Crippen LogP contribution >= 0.6 is 0 Å². The number of nitrogens with two attached hydrogens (primary N) is 1. The van der Waals surface area contributed by atoms with E-state index in [-0.39, 0.29) is 6.17 Å². The minimum Gasteiger partial charge on any atom is -0.456 e. The highest BCUT2D eigenvalue weighted by Gasteiger charge is 2.20. The van der Waals surface area contributed by atoms with Crippen LogP contribution in [-0.4, -0.2) is 4.68 Å². The van der Waals surface area contributed by atoms with Gasteiger partial charge in [0.15, 0.2) is 0 Å². The van der Waals surface area contributed by atoms with Gasteiger partial charge in [-0.1, -0.05) is 121 Å². The molecule has 43 heavy (non-hydrogen) atoms. The molecule has 6 aromatic carbocycles. The lowest BCUT2D eigenvalue weighted by molar-refractivity contribution is 0.464. The molecule has 0 aliphatic carbocycles. The van der Waals surface area contributed by atoms with Crippen LogP contribution in [0.4, 0.5) is 0 Å². The van der Waals surface area contributed by atoms with Gasteiger partial charge < -0.3 is 15.6 Å². The van der Waals surface area contributed by atoms with Gasteiger partial charge in [0.1, 0.15) is 17.3 Å². The molecule has 5 nitrogen and oxygen atoms in total. The molecule has 2 unspecified atom stereocenters. The number of nitrogens with one attached hydrogen (secondary N) is 2. The molecule has 0 fully saturated rings. The summed E-state index contributed by atoms with van der Waals surface area (Å²) >= 11 is 0. The maximum absolute atomic E-state index is 6.82. The van der Waals surface area contributed by atoms with Crippen LogP contribution in [0.5, 0.6) is 0 Å². The fourth-order valence-corrected chi connectivity index (χ4v) is 6.10. The Labute approximate surface area is 249 Å². The van der Waals surface area contributed by atoms with E-state index >= 15 is 0 Å². The Morgan fingerprint density at radius 3 is 1.95 bits per heavy atom. The van der Waals surface area contributed by atoms with Crippen molar-refractivity contribution >= 4 is 43.7 Å². The molecule has 2 aromatic heterocycles. The van der Waals surface area contributed by atoms with Gasteiger partial charge in [0, 0.05) is 27.6 Å². The second-order valence-electron chi connectivity index (χ2n) is 10.9. The molecule has 0 bridgehead atoms. The second-order valence-corrected chi connectivity index (χ2v) is 10.9. The number of nitrogens with zero attached hydrogens (tertiary/aromatic N) is 1. The largest absolute Gasteiger partial charge is 0.456 e. The quantitative estimate of drug-likeness (QED) is 0.171. The summed E-state index contributed by atoms with van der Waals surface area (Å²) < 4.78 is 8.45. The fraction of sp³-hybridized carbons (Fsp3) is 0.0526. The van der Waals surface area contributed by atoms with E-state index in [9.17, 15) is 0 Å². The molecular weight excluding hydrogens is 528 g/mol. The first kappa shape index (κ1) is 25.4. The zero-order valence-corrected chi connectivity index (χ0v) is 23.4. The van der Waals surface area contributed by atoms with E-state index in [1.54, 1.807) is 0 Å². The van der Waals surface area contributed by atoms with Gasteiger partial charge in [-0.05, 0) is 40.5 Å². The van der Waals surface area contributed by atoms with Crippen LogP contribution < -0.4 is 16.5 Å². The van der Waals surface area contributed by atoms with E-state index < -0.39 is 6.17 Å². The Kier molecular flexibility index (Phi) is 6.18. The normalized spacial score (nSPS) is 13.1. The molecule has 2 atom stereocenters. The summed E-state index contributed by atoms with van der Waals surface area (Å²) in [6.07, 6.45) is -0.687. The van der Waals surface area contributed by atoms with E-state index in [1.807, 2.05) is 24.3 Å². The van der Waals surface area contributed by atoms with Crippen LogP contribution in [-0.2, 0) is 0 Å². The highest BCUT2D eigenvalue weighted by atomic mass is 16.3. The van der Waals surface area contributed by atoms with Gasteiger partial charge in [-0.2, -0.15) is 0 Å². The smallest absolute Gasteiger partial charge is 0.137 e. The van der Waals surface area contributed by atoms with E-state index in [0.717, 1.165) is 55.0 Å². The molecule has 8 rings (SSSR count). The number of furan rings is 1. The van der Waals surface area contributed by atoms with Gasteiger partial charge in [-0.3, -0.25) is 9.99 Å². The fourth-order valence-electron chi connectivity index (χ4n) is 6.10. The predicted molar refractivity (Wildman–Crippen MR) is 177 cm³/mol. The van der Waals surface area contributed by atoms with Crippen molar-refractivity contribution in [3.63, 3.8) is 0 Å². The van der Waals surface area contributed by atoms with E-state index in [2.05, 4.69) is 137 Å². The summed E-state index contributed by atoms with van der Waals surface area (Å²) in [4.78, 5) is 0. The van der Waals surface area contributed by atoms with Crippen LogP contribution in [0.3, 0.4) is 0 Å². The molecule has 0 spiro atoms. The van der Waals surface area contributed by atoms with Crippen LogP contribution in [0.2, 0.25) is 0 Å². The molecule has 4 N–H and O–H groups in total. The lowest BCUT2D eigenvalue weighted by Crippen LogP contribution is -2.39. The topological polar surface area (TPSA) is 68.2 Å². The van der Waals surface area contributed by atoms with E-state index in [1.165, 1.54) is 10.9 Å². The SMILES string of the molecule is NC(NC(Nn1c2ccccc2c2cc3c(cc21)oc1ccccc13)c1ccccc1)c1ccc(-c2ccccc2)cc1. The average Bonchev–Trinajstić information content (AvgIpc) is 3.59. The molecule has 8 aromatic rings. The third-order valence-electron chi connectivity index (χ3n) is 8.29. The Bertz CT molecular complexity index is 2200. The Morgan fingerprint density at radius 2 is 1.16 bits per heavy atom. The van der Waals surface area contributed by atoms with Crippen molar-refractivity contribution in [2.45, 2.75) is 12.3 Å². The lowest BCUT2D eigenvalue weighted by atomic mass is 10.0. The minimum atomic E-state index is -0.405. The Morgan fingerprint density at radius 1 is 0.512 bits per heavy atom. The zero-order chi connectivity index (χ0) is 28.8. The number of rotatable bonds is 7. The highest BCUT2D eigenvalue weighted by Crippen LogP contribution is 2.36. The Hall–Kier alpha value is -5.36. The first-order valence-electron chi connectivity index (χ1n) is 14.6. The molecule has 0 aliphatic rings. The molecule has 5 heteroatoms. The third-order valence-corrected chi connectivity index (χ3v) is 8.29. The lowest BCUT2D eigenvalue weighted by Gasteiger charge is -2.27. The van der Waals surface area contributed by atoms with Gasteiger partial charge in [0.05, 0.1) is 17.2 Å². The van der Waals surface area contributed by atoms with Crippen LogP contribution in [0.1, 0.15) is 23.5 Å². The van der Waals surface area contributed by atoms with Gasteiger partial charge in [0.25, 0.3) is 0 Å². The summed E-state index contributed by atoms with van der Waals surface area (Å²) in [6.45, 7) is 0. The maximum atomic E-state index is 6.82. The highest BCUT2D eigenvalue weighted by molar-refractivity contribution is 6.16. The van der Waals surface area contributed by atoms with Crippen molar-refractivity contribution in [1.82, 2.24) is 9.99 Å². The van der Waals surface area contributed by atoms with Crippen molar-refractivity contribution in [3.05, 3.63) is 157 Å². The monoisotopic (exact) mass is 558 g/mol. The molecule has 2 heterocycles. The molecule has 0 saturated heterocycles. The van der Waals surface area contributed by atoms with E-state index in [4.69, 9.17) is 10.2 Å². The standard InChI is InChI=1S/C38H30N4O/c39-37(27-21-19-26(20-22-27)25-11-3-1-4-12-25)40-38(28-13-5-2-6-14-28)41-42-33-17-9-7-15-29(33)31-23-32-30-16-8-10-18-35(30)43-36(32)24-34(31)42/h1-24,37-38,40-41H,39H2. The number of aromatic nitrogens is 1. The van der Waals surface area contributed by atoms with Crippen LogP contribution in [0.15, 0.2) is 150 Å². The van der Waals surface area contributed by atoms with Crippen molar-refractivity contribution in [2.24, 2.45) is 5.73 Å². The third kappa shape index (κ3) is 4.52. The van der Waals surface area contributed by atoms with Crippen LogP contribution in [0.25, 0.3) is 54.9 Å². The number of benzene rings is 6. The molecular formula is C38H30N4O. The van der Waals surface area contributed by atoms with Gasteiger partial charge >= 0.3 is 0 Å². The van der Waals surface area contributed by atoms with E-state index in [0.29, 0.717) is 0 Å². The van der Waals surface area contributed by atoms with Crippen LogP contribution in [0, 0.1) is 0 Å². The summed E-state index contributed by atoms with van der Waals surface area (Å²) in [5.74, 6) is 0. The summed E-state index contributed by atoms with van der Waals surface area (Å²) in [7, 11) is 0. The van der Waals surface area contributed by atoms with Crippen molar-refractivity contribution in [2.75, 3.05) is 5.43 Å². The van der Waals surface area contributed by atoms with Crippen molar-refractivity contribution < 1.29 is 4.42 Å². The average molecular weight is 559 g/mol. The summed E-state index contributed by atoms with van der Waals surface area (Å²) in [6, 6.07) is 50.3. The first-order chi connectivity index (χ1) is 21.2. The molecule has 0 radical (unpaired) electrons. The Balaban J connectivity index is 1.20. The number of hydrogen-bond donors (Lipinski definition) is 3. The minimum absolute atomic E-state index is 0.282. The predicted octanol–water partition coefficient (Wildman–Crippen LogP) is 8.85. The van der Waals surface area contributed by atoms with Gasteiger partial charge in [-0.15, -0.1) is 0 Å². The molecule has 0 aliphatic heterocycles. The first-order valence-corrected chi connectivity index (χ1v) is 14.6. The number of fused-ring (bicyclic) bond motifs is 6. The van der Waals surface area contributed by atoms with Crippen molar-refractivity contribution in [1.29, 1.82) is 0 Å². The van der Waals surface area contributed by atoms with Gasteiger partial charge in [-0.25, -0.2) is 0 Å². The summed E-state index contributed by atoms with van der Waals surface area (Å²) in [5, 5.41) is 8.23. The molecule has 0 amide bonds. The zero-order valence-electron chi connectivity index (χ0n) is 23.4. The maximum Gasteiger partial charge on any atom is 0.137 e. The number of hydrogen-bond acceptors (Lipinski definition) is 4. The molecule has 0 saturated carbocycles. The number of para-hydroxylation sites is 2. The molecule has 208 valence electrons. The second kappa shape index (κ2) is 10.5. The summed E-state index contributed by atoms with van der Waals surface area (Å²) in [5.41, 5.74) is 18.9.